The molecular weight excluding hydrogens is 291 g/mol. The Morgan fingerprint density at radius 1 is 1.38 bits per heavy atom. The lowest BCUT2D eigenvalue weighted by molar-refractivity contribution is -0.301. The summed E-state index contributed by atoms with van der Waals surface area (Å²) in [7, 11) is 0. The van der Waals surface area contributed by atoms with Crippen LogP contribution in [0.15, 0.2) is 35.6 Å². The average Bonchev–Trinajstić information content (AvgIpc) is 2.86. The molecule has 21 heavy (non-hydrogen) atoms. The molecule has 1 aromatic heterocycles. The predicted octanol–water partition coefficient (Wildman–Crippen LogP) is 2.33. The number of carboxylic acids is 1. The van der Waals surface area contributed by atoms with Crippen molar-refractivity contribution in [2.45, 2.75) is 31.5 Å². The summed E-state index contributed by atoms with van der Waals surface area (Å²) in [4.78, 5) is 14.9. The zero-order valence-electron chi connectivity index (χ0n) is 11.7. The summed E-state index contributed by atoms with van der Waals surface area (Å²) >= 11 is 1.14. The Kier molecular flexibility index (Phi) is 5.38. The van der Waals surface area contributed by atoms with Gasteiger partial charge in [-0.2, -0.15) is 0 Å². The Bertz CT molecular complexity index is 611. The van der Waals surface area contributed by atoms with Crippen molar-refractivity contribution < 1.29 is 14.3 Å². The van der Waals surface area contributed by atoms with Gasteiger partial charge in [0, 0.05) is 12.3 Å². The SMILES string of the molecule is CCCCn1c(-c2ccc(F)cc2)cnc1SCC(=O)[O-]. The van der Waals surface area contributed by atoms with E-state index in [1.54, 1.807) is 18.3 Å². The van der Waals surface area contributed by atoms with Crippen LogP contribution in [0.1, 0.15) is 19.8 Å². The Labute approximate surface area is 127 Å². The second-order valence-electron chi connectivity index (χ2n) is 4.60. The van der Waals surface area contributed by atoms with E-state index in [9.17, 15) is 14.3 Å². The molecule has 1 heterocycles. The molecule has 0 radical (unpaired) electrons. The molecule has 112 valence electrons. The van der Waals surface area contributed by atoms with Gasteiger partial charge in [0.15, 0.2) is 5.16 Å². The van der Waals surface area contributed by atoms with Crippen LogP contribution >= 0.6 is 11.8 Å². The largest absolute Gasteiger partial charge is 0.549 e. The van der Waals surface area contributed by atoms with E-state index < -0.39 is 5.97 Å². The molecule has 1 aromatic carbocycles. The van der Waals surface area contributed by atoms with Crippen LogP contribution in [0.5, 0.6) is 0 Å². The molecule has 2 rings (SSSR count). The molecule has 0 saturated carbocycles. The summed E-state index contributed by atoms with van der Waals surface area (Å²) in [6.45, 7) is 2.83. The first-order valence-corrected chi connectivity index (χ1v) is 7.74. The highest BCUT2D eigenvalue weighted by Crippen LogP contribution is 2.26. The van der Waals surface area contributed by atoms with Crippen molar-refractivity contribution in [2.75, 3.05) is 5.75 Å². The van der Waals surface area contributed by atoms with Crippen LogP contribution in [0.3, 0.4) is 0 Å². The number of hydrogen-bond donors (Lipinski definition) is 0. The Morgan fingerprint density at radius 2 is 2.10 bits per heavy atom. The van der Waals surface area contributed by atoms with Crippen LogP contribution in [-0.4, -0.2) is 21.3 Å². The van der Waals surface area contributed by atoms with Gasteiger partial charge in [-0.3, -0.25) is 0 Å². The van der Waals surface area contributed by atoms with E-state index in [4.69, 9.17) is 0 Å². The molecule has 0 unspecified atom stereocenters. The molecule has 2 aromatic rings. The van der Waals surface area contributed by atoms with E-state index in [0.29, 0.717) is 5.16 Å². The van der Waals surface area contributed by atoms with Crippen molar-refractivity contribution in [2.24, 2.45) is 0 Å². The minimum absolute atomic E-state index is 0.133. The van der Waals surface area contributed by atoms with Crippen LogP contribution in [0.25, 0.3) is 11.3 Å². The third-order valence-electron chi connectivity index (χ3n) is 3.01. The van der Waals surface area contributed by atoms with Crippen molar-refractivity contribution in [3.8, 4) is 11.3 Å². The summed E-state index contributed by atoms with van der Waals surface area (Å²) in [5.41, 5.74) is 1.73. The molecule has 0 atom stereocenters. The van der Waals surface area contributed by atoms with E-state index in [1.165, 1.54) is 12.1 Å². The van der Waals surface area contributed by atoms with Crippen molar-refractivity contribution in [1.82, 2.24) is 9.55 Å². The van der Waals surface area contributed by atoms with Crippen molar-refractivity contribution in [3.63, 3.8) is 0 Å². The molecule has 4 nitrogen and oxygen atoms in total. The first kappa shape index (κ1) is 15.6. The number of hydrogen-bond acceptors (Lipinski definition) is 4. The van der Waals surface area contributed by atoms with Gasteiger partial charge < -0.3 is 14.5 Å². The van der Waals surface area contributed by atoms with Gasteiger partial charge >= 0.3 is 0 Å². The number of aliphatic carboxylic acids is 1. The van der Waals surface area contributed by atoms with Gasteiger partial charge in [-0.1, -0.05) is 25.1 Å². The van der Waals surface area contributed by atoms with E-state index in [-0.39, 0.29) is 11.6 Å². The van der Waals surface area contributed by atoms with Gasteiger partial charge in [0.25, 0.3) is 0 Å². The summed E-state index contributed by atoms with van der Waals surface area (Å²) < 4.78 is 15.0. The molecular formula is C15H16FN2O2S-. The number of nitrogens with zero attached hydrogens (tertiary/aromatic N) is 2. The first-order valence-electron chi connectivity index (χ1n) is 6.76. The van der Waals surface area contributed by atoms with Crippen LogP contribution in [0.2, 0.25) is 0 Å². The summed E-state index contributed by atoms with van der Waals surface area (Å²) in [6.07, 6.45) is 3.68. The van der Waals surface area contributed by atoms with Crippen LogP contribution in [0.4, 0.5) is 4.39 Å². The maximum Gasteiger partial charge on any atom is 0.168 e. The van der Waals surface area contributed by atoms with Crippen LogP contribution < -0.4 is 5.11 Å². The average molecular weight is 307 g/mol. The Hall–Kier alpha value is -1.82. The molecule has 6 heteroatoms. The third kappa shape index (κ3) is 4.07. The van der Waals surface area contributed by atoms with Gasteiger partial charge in [-0.25, -0.2) is 9.37 Å². The standard InChI is InChI=1S/C15H17FN2O2S/c1-2-3-8-18-13(11-4-6-12(16)7-5-11)9-17-15(18)21-10-14(19)20/h4-7,9H,2-3,8,10H2,1H3,(H,19,20)/p-1. The number of thioether (sulfide) groups is 1. The van der Waals surface area contributed by atoms with Crippen LogP contribution in [-0.2, 0) is 11.3 Å². The van der Waals surface area contributed by atoms with E-state index in [1.807, 2.05) is 4.57 Å². The summed E-state index contributed by atoms with van der Waals surface area (Å²) in [5, 5.41) is 11.2. The molecule has 0 amide bonds. The molecule has 0 N–H and O–H groups in total. The lowest BCUT2D eigenvalue weighted by Gasteiger charge is -2.11. The maximum absolute atomic E-state index is 13.0. The minimum Gasteiger partial charge on any atom is -0.549 e. The van der Waals surface area contributed by atoms with Gasteiger partial charge in [0.1, 0.15) is 5.82 Å². The minimum atomic E-state index is -1.12. The Balaban J connectivity index is 2.31. The summed E-state index contributed by atoms with van der Waals surface area (Å²) in [5.74, 6) is -1.54. The smallest absolute Gasteiger partial charge is 0.168 e. The molecule has 0 saturated heterocycles. The quantitative estimate of drug-likeness (QED) is 0.737. The number of halogens is 1. The fourth-order valence-electron chi connectivity index (χ4n) is 1.98. The lowest BCUT2D eigenvalue weighted by Crippen LogP contribution is -2.24. The lowest BCUT2D eigenvalue weighted by atomic mass is 10.1. The molecule has 0 fully saturated rings. The van der Waals surface area contributed by atoms with Crippen molar-refractivity contribution in [1.29, 1.82) is 0 Å². The fourth-order valence-corrected chi connectivity index (χ4v) is 2.70. The topological polar surface area (TPSA) is 58.0 Å². The molecule has 0 spiro atoms. The molecule has 0 bridgehead atoms. The Morgan fingerprint density at radius 3 is 2.71 bits per heavy atom. The van der Waals surface area contributed by atoms with E-state index in [0.717, 1.165) is 42.4 Å². The number of imidazole rings is 1. The third-order valence-corrected chi connectivity index (χ3v) is 3.98. The highest BCUT2D eigenvalue weighted by atomic mass is 32.2. The van der Waals surface area contributed by atoms with E-state index >= 15 is 0 Å². The first-order chi connectivity index (χ1) is 10.1. The highest BCUT2D eigenvalue weighted by molar-refractivity contribution is 7.99. The predicted molar refractivity (Wildman–Crippen MR) is 78.3 cm³/mol. The van der Waals surface area contributed by atoms with Gasteiger partial charge in [-0.05, 0) is 36.2 Å². The molecule has 0 aliphatic heterocycles. The zero-order valence-corrected chi connectivity index (χ0v) is 12.5. The summed E-state index contributed by atoms with van der Waals surface area (Å²) in [6, 6.07) is 6.20. The second-order valence-corrected chi connectivity index (χ2v) is 5.54. The van der Waals surface area contributed by atoms with Crippen molar-refractivity contribution >= 4 is 17.7 Å². The van der Waals surface area contributed by atoms with Gasteiger partial charge in [0.05, 0.1) is 17.9 Å². The maximum atomic E-state index is 13.0. The van der Waals surface area contributed by atoms with Crippen LogP contribution in [0, 0.1) is 5.82 Å². The number of benzene rings is 1. The highest BCUT2D eigenvalue weighted by Gasteiger charge is 2.12. The second kappa shape index (κ2) is 7.26. The van der Waals surface area contributed by atoms with E-state index in [2.05, 4.69) is 11.9 Å². The normalized spacial score (nSPS) is 10.8. The number of aromatic nitrogens is 2. The number of carbonyl (C=O) groups is 1. The monoisotopic (exact) mass is 307 g/mol. The van der Waals surface area contributed by atoms with Gasteiger partial charge in [-0.15, -0.1) is 0 Å². The fraction of sp³-hybridized carbons (Fsp3) is 0.333. The van der Waals surface area contributed by atoms with Gasteiger partial charge in [0.2, 0.25) is 0 Å². The number of carbonyl (C=O) groups excluding carboxylic acids is 1. The number of carboxylic acid groups (broad SMARTS) is 1. The number of rotatable bonds is 7. The zero-order chi connectivity index (χ0) is 15.2. The molecule has 0 aliphatic rings. The molecule has 0 aliphatic carbocycles. The van der Waals surface area contributed by atoms with Crippen molar-refractivity contribution in [3.05, 3.63) is 36.3 Å². The number of unbranched alkanes of at least 4 members (excludes halogenated alkanes) is 1.